The van der Waals surface area contributed by atoms with Gasteiger partial charge in [-0.05, 0) is 19.8 Å². The van der Waals surface area contributed by atoms with Crippen LogP contribution in [-0.2, 0) is 9.47 Å². The van der Waals surface area contributed by atoms with Crippen molar-refractivity contribution in [3.63, 3.8) is 0 Å². The molecule has 0 N–H and O–H groups in total. The number of oxazole rings is 1. The van der Waals surface area contributed by atoms with Crippen LogP contribution in [0.1, 0.15) is 43.3 Å². The van der Waals surface area contributed by atoms with Crippen LogP contribution in [-0.4, -0.2) is 24.0 Å². The molecule has 2 fully saturated rings. The van der Waals surface area contributed by atoms with E-state index < -0.39 is 0 Å². The van der Waals surface area contributed by atoms with Crippen molar-refractivity contribution in [2.75, 3.05) is 13.2 Å². The lowest BCUT2D eigenvalue weighted by Crippen LogP contribution is -2.34. The summed E-state index contributed by atoms with van der Waals surface area (Å²) >= 11 is 0. The number of hydrogen-bond acceptors (Lipinski definition) is 4. The van der Waals surface area contributed by atoms with Crippen LogP contribution < -0.4 is 0 Å². The minimum absolute atomic E-state index is 0.280. The largest absolute Gasteiger partial charge is 0.446 e. The lowest BCUT2D eigenvalue weighted by Gasteiger charge is -2.34. The number of rotatable bonds is 1. The third-order valence-electron chi connectivity index (χ3n) is 3.55. The van der Waals surface area contributed by atoms with E-state index in [9.17, 15) is 0 Å². The van der Waals surface area contributed by atoms with Crippen molar-refractivity contribution >= 4 is 0 Å². The average molecular weight is 223 g/mol. The molecule has 1 aromatic rings. The standard InChI is InChI=1S/C12H17NO3/c1-9-8-13-11(16-9)10-2-4-12(5-3-10)14-6-7-15-12/h8,10H,2-7H2,1H3. The van der Waals surface area contributed by atoms with E-state index in [2.05, 4.69) is 4.98 Å². The Labute approximate surface area is 94.9 Å². The number of aryl methyl sites for hydroxylation is 1. The van der Waals surface area contributed by atoms with Crippen LogP contribution in [0, 0.1) is 6.92 Å². The number of ether oxygens (including phenoxy) is 2. The molecule has 1 spiro atoms. The number of aromatic nitrogens is 1. The first-order valence-corrected chi connectivity index (χ1v) is 5.98. The van der Waals surface area contributed by atoms with Gasteiger partial charge in [0.25, 0.3) is 0 Å². The van der Waals surface area contributed by atoms with E-state index in [4.69, 9.17) is 13.9 Å². The van der Waals surface area contributed by atoms with Crippen LogP contribution in [0.15, 0.2) is 10.6 Å². The Morgan fingerprint density at radius 3 is 2.50 bits per heavy atom. The highest BCUT2D eigenvalue weighted by molar-refractivity contribution is 5.00. The highest BCUT2D eigenvalue weighted by Gasteiger charge is 2.41. The second-order valence-corrected chi connectivity index (χ2v) is 4.69. The second-order valence-electron chi connectivity index (χ2n) is 4.69. The van der Waals surface area contributed by atoms with Gasteiger partial charge in [-0.3, -0.25) is 0 Å². The van der Waals surface area contributed by atoms with E-state index in [-0.39, 0.29) is 5.79 Å². The molecule has 0 aromatic carbocycles. The molecule has 88 valence electrons. The van der Waals surface area contributed by atoms with Crippen molar-refractivity contribution in [1.82, 2.24) is 4.98 Å². The lowest BCUT2D eigenvalue weighted by atomic mass is 9.85. The molecule has 0 unspecified atom stereocenters. The normalized spacial score (nSPS) is 25.3. The second kappa shape index (κ2) is 3.86. The zero-order valence-corrected chi connectivity index (χ0v) is 9.57. The summed E-state index contributed by atoms with van der Waals surface area (Å²) in [6.45, 7) is 3.41. The van der Waals surface area contributed by atoms with Crippen molar-refractivity contribution < 1.29 is 13.9 Å². The number of hydrogen-bond donors (Lipinski definition) is 0. The molecule has 3 rings (SSSR count). The first-order valence-electron chi connectivity index (χ1n) is 5.98. The Morgan fingerprint density at radius 1 is 1.25 bits per heavy atom. The maximum atomic E-state index is 5.70. The Kier molecular flexibility index (Phi) is 2.48. The fraction of sp³-hybridized carbons (Fsp3) is 0.750. The maximum Gasteiger partial charge on any atom is 0.197 e. The zero-order chi connectivity index (χ0) is 11.0. The van der Waals surface area contributed by atoms with Crippen LogP contribution in [0.2, 0.25) is 0 Å². The number of nitrogens with zero attached hydrogens (tertiary/aromatic N) is 1. The van der Waals surface area contributed by atoms with Gasteiger partial charge in [-0.2, -0.15) is 0 Å². The third-order valence-corrected chi connectivity index (χ3v) is 3.55. The lowest BCUT2D eigenvalue weighted by molar-refractivity contribution is -0.179. The molecular formula is C12H17NO3. The van der Waals surface area contributed by atoms with Gasteiger partial charge in [0.2, 0.25) is 0 Å². The summed E-state index contributed by atoms with van der Waals surface area (Å²) in [4.78, 5) is 4.31. The Hall–Kier alpha value is -0.870. The SMILES string of the molecule is Cc1cnc(C2CCC3(CC2)OCCO3)o1. The van der Waals surface area contributed by atoms with Gasteiger partial charge < -0.3 is 13.9 Å². The molecule has 1 saturated carbocycles. The van der Waals surface area contributed by atoms with Crippen LogP contribution in [0.25, 0.3) is 0 Å². The zero-order valence-electron chi connectivity index (χ0n) is 9.57. The van der Waals surface area contributed by atoms with Gasteiger partial charge >= 0.3 is 0 Å². The molecule has 1 saturated heterocycles. The predicted octanol–water partition coefficient (Wildman–Crippen LogP) is 2.38. The summed E-state index contributed by atoms with van der Waals surface area (Å²) in [5.41, 5.74) is 0. The summed E-state index contributed by atoms with van der Waals surface area (Å²) in [7, 11) is 0. The maximum absolute atomic E-state index is 5.70. The minimum atomic E-state index is -0.280. The minimum Gasteiger partial charge on any atom is -0.446 e. The first-order chi connectivity index (χ1) is 7.77. The van der Waals surface area contributed by atoms with Gasteiger partial charge in [0.1, 0.15) is 5.76 Å². The van der Waals surface area contributed by atoms with Crippen LogP contribution >= 0.6 is 0 Å². The summed E-state index contributed by atoms with van der Waals surface area (Å²) in [6.07, 6.45) is 5.79. The molecule has 1 aromatic heterocycles. The van der Waals surface area contributed by atoms with E-state index in [1.54, 1.807) is 6.20 Å². The molecule has 2 heterocycles. The van der Waals surface area contributed by atoms with Crippen molar-refractivity contribution in [3.8, 4) is 0 Å². The molecule has 4 heteroatoms. The Balaban J connectivity index is 1.66. The fourth-order valence-electron chi connectivity index (χ4n) is 2.65. The van der Waals surface area contributed by atoms with E-state index in [0.717, 1.165) is 50.5 Å². The van der Waals surface area contributed by atoms with Gasteiger partial charge in [0, 0.05) is 18.8 Å². The van der Waals surface area contributed by atoms with Crippen molar-refractivity contribution in [3.05, 3.63) is 17.8 Å². The van der Waals surface area contributed by atoms with E-state index in [0.29, 0.717) is 5.92 Å². The Morgan fingerprint density at radius 2 is 1.94 bits per heavy atom. The van der Waals surface area contributed by atoms with Gasteiger partial charge in [-0.1, -0.05) is 0 Å². The van der Waals surface area contributed by atoms with Crippen molar-refractivity contribution in [1.29, 1.82) is 0 Å². The highest BCUT2D eigenvalue weighted by atomic mass is 16.7. The fourth-order valence-corrected chi connectivity index (χ4v) is 2.65. The summed E-state index contributed by atoms with van der Waals surface area (Å²) in [5.74, 6) is 1.93. The summed E-state index contributed by atoms with van der Waals surface area (Å²) < 4.78 is 17.0. The topological polar surface area (TPSA) is 44.5 Å². The summed E-state index contributed by atoms with van der Waals surface area (Å²) in [5, 5.41) is 0. The molecule has 1 aliphatic carbocycles. The molecular weight excluding hydrogens is 206 g/mol. The molecule has 0 bridgehead atoms. The molecule has 0 radical (unpaired) electrons. The molecule has 0 amide bonds. The molecule has 0 atom stereocenters. The van der Waals surface area contributed by atoms with Gasteiger partial charge in [-0.15, -0.1) is 0 Å². The van der Waals surface area contributed by atoms with Crippen molar-refractivity contribution in [2.24, 2.45) is 0 Å². The first kappa shape index (κ1) is 10.3. The van der Waals surface area contributed by atoms with E-state index >= 15 is 0 Å². The third kappa shape index (κ3) is 1.76. The molecule has 16 heavy (non-hydrogen) atoms. The average Bonchev–Trinajstić information content (AvgIpc) is 2.90. The molecule has 4 nitrogen and oxygen atoms in total. The summed E-state index contributed by atoms with van der Waals surface area (Å²) in [6, 6.07) is 0. The smallest absolute Gasteiger partial charge is 0.197 e. The van der Waals surface area contributed by atoms with Crippen LogP contribution in [0.3, 0.4) is 0 Å². The molecule has 1 aliphatic heterocycles. The Bertz CT molecular complexity index is 358. The molecule has 2 aliphatic rings. The quantitative estimate of drug-likeness (QED) is 0.733. The van der Waals surface area contributed by atoms with Crippen molar-refractivity contribution in [2.45, 2.75) is 44.3 Å². The van der Waals surface area contributed by atoms with E-state index in [1.807, 2.05) is 6.92 Å². The monoisotopic (exact) mass is 223 g/mol. The van der Waals surface area contributed by atoms with Crippen LogP contribution in [0.4, 0.5) is 0 Å². The van der Waals surface area contributed by atoms with Crippen LogP contribution in [0.5, 0.6) is 0 Å². The highest BCUT2D eigenvalue weighted by Crippen LogP contribution is 2.41. The van der Waals surface area contributed by atoms with Gasteiger partial charge in [0.05, 0.1) is 19.4 Å². The van der Waals surface area contributed by atoms with E-state index in [1.165, 1.54) is 0 Å². The predicted molar refractivity (Wildman–Crippen MR) is 57.1 cm³/mol. The van der Waals surface area contributed by atoms with Gasteiger partial charge in [0.15, 0.2) is 11.7 Å². The van der Waals surface area contributed by atoms with Gasteiger partial charge in [-0.25, -0.2) is 4.98 Å².